The molecule has 126 valence electrons. The SMILES string of the molecule is COC1CC(CC(=O)O)N(C(=O)C(C)Oc2ccccc2F)C1. The average molecular weight is 325 g/mol. The molecule has 6 nitrogen and oxygen atoms in total. The van der Waals surface area contributed by atoms with Gasteiger partial charge in [-0.15, -0.1) is 0 Å². The Labute approximate surface area is 133 Å². The van der Waals surface area contributed by atoms with Crippen LogP contribution in [0.3, 0.4) is 0 Å². The first-order valence-corrected chi connectivity index (χ1v) is 7.38. The zero-order valence-electron chi connectivity index (χ0n) is 13.1. The number of carboxylic acids is 1. The number of hydrogen-bond donors (Lipinski definition) is 1. The summed E-state index contributed by atoms with van der Waals surface area (Å²) in [6, 6.07) is 5.38. The van der Waals surface area contributed by atoms with Gasteiger partial charge in [0.1, 0.15) is 0 Å². The van der Waals surface area contributed by atoms with Crippen LogP contribution in [0.2, 0.25) is 0 Å². The van der Waals surface area contributed by atoms with Crippen molar-refractivity contribution in [1.82, 2.24) is 4.90 Å². The number of hydrogen-bond acceptors (Lipinski definition) is 4. The van der Waals surface area contributed by atoms with E-state index >= 15 is 0 Å². The summed E-state index contributed by atoms with van der Waals surface area (Å²) in [5, 5.41) is 8.98. The first-order valence-electron chi connectivity index (χ1n) is 7.38. The van der Waals surface area contributed by atoms with E-state index in [-0.39, 0.29) is 24.2 Å². The summed E-state index contributed by atoms with van der Waals surface area (Å²) in [7, 11) is 1.52. The Balaban J connectivity index is 2.07. The van der Waals surface area contributed by atoms with Crippen molar-refractivity contribution in [3.63, 3.8) is 0 Å². The van der Waals surface area contributed by atoms with E-state index in [1.54, 1.807) is 6.07 Å². The van der Waals surface area contributed by atoms with E-state index in [1.165, 1.54) is 37.1 Å². The van der Waals surface area contributed by atoms with Gasteiger partial charge in [-0.25, -0.2) is 4.39 Å². The number of methoxy groups -OCH3 is 1. The zero-order chi connectivity index (χ0) is 17.0. The molecule has 0 bridgehead atoms. The molecule has 1 aliphatic heterocycles. The fourth-order valence-corrected chi connectivity index (χ4v) is 2.72. The lowest BCUT2D eigenvalue weighted by Crippen LogP contribution is -2.44. The van der Waals surface area contributed by atoms with Gasteiger partial charge >= 0.3 is 5.97 Å². The fraction of sp³-hybridized carbons (Fsp3) is 0.500. The smallest absolute Gasteiger partial charge is 0.305 e. The van der Waals surface area contributed by atoms with Crippen LogP contribution in [0.5, 0.6) is 5.75 Å². The number of amides is 1. The van der Waals surface area contributed by atoms with Crippen molar-refractivity contribution in [2.45, 2.75) is 38.0 Å². The van der Waals surface area contributed by atoms with Gasteiger partial charge in [0.2, 0.25) is 0 Å². The number of rotatable bonds is 6. The summed E-state index contributed by atoms with van der Waals surface area (Å²) < 4.78 is 24.2. The Morgan fingerprint density at radius 2 is 2.13 bits per heavy atom. The van der Waals surface area contributed by atoms with E-state index in [0.29, 0.717) is 13.0 Å². The lowest BCUT2D eigenvalue weighted by molar-refractivity contribution is -0.142. The second-order valence-electron chi connectivity index (χ2n) is 5.53. The van der Waals surface area contributed by atoms with Crippen LogP contribution in [0, 0.1) is 5.82 Å². The lowest BCUT2D eigenvalue weighted by Gasteiger charge is -2.26. The Bertz CT molecular complexity index is 579. The van der Waals surface area contributed by atoms with Crippen molar-refractivity contribution in [3.8, 4) is 5.75 Å². The van der Waals surface area contributed by atoms with E-state index in [9.17, 15) is 14.0 Å². The molecule has 0 radical (unpaired) electrons. The maximum absolute atomic E-state index is 13.6. The van der Waals surface area contributed by atoms with Gasteiger partial charge < -0.3 is 19.5 Å². The molecule has 1 N–H and O–H groups in total. The summed E-state index contributed by atoms with van der Waals surface area (Å²) in [6.45, 7) is 1.82. The van der Waals surface area contributed by atoms with Gasteiger partial charge in [-0.1, -0.05) is 12.1 Å². The van der Waals surface area contributed by atoms with Gasteiger partial charge in [-0.05, 0) is 25.5 Å². The molecular weight excluding hydrogens is 305 g/mol. The van der Waals surface area contributed by atoms with Crippen LogP contribution in [0.15, 0.2) is 24.3 Å². The Hall–Kier alpha value is -2.15. The molecule has 0 spiro atoms. The standard InChI is InChI=1S/C16H20FNO5/c1-10(23-14-6-4-3-5-13(14)17)16(21)18-9-12(22-2)7-11(18)8-15(19)20/h3-6,10-12H,7-9H2,1-2H3,(H,19,20). The van der Waals surface area contributed by atoms with Crippen molar-refractivity contribution < 1.29 is 28.6 Å². The van der Waals surface area contributed by atoms with Crippen molar-refractivity contribution in [3.05, 3.63) is 30.1 Å². The molecule has 2 rings (SSSR count). The minimum atomic E-state index is -0.979. The van der Waals surface area contributed by atoms with Gasteiger partial charge in [0, 0.05) is 19.7 Å². The molecule has 0 saturated carbocycles. The number of likely N-dealkylation sites (tertiary alicyclic amines) is 1. The first kappa shape index (κ1) is 17.2. The third kappa shape index (κ3) is 4.19. The van der Waals surface area contributed by atoms with E-state index in [4.69, 9.17) is 14.6 Å². The topological polar surface area (TPSA) is 76.1 Å². The number of halogens is 1. The minimum Gasteiger partial charge on any atom is -0.481 e. The number of carbonyl (C=O) groups is 2. The highest BCUT2D eigenvalue weighted by Gasteiger charge is 2.38. The highest BCUT2D eigenvalue weighted by Crippen LogP contribution is 2.25. The van der Waals surface area contributed by atoms with Crippen molar-refractivity contribution in [2.75, 3.05) is 13.7 Å². The van der Waals surface area contributed by atoms with Gasteiger partial charge in [0.15, 0.2) is 17.7 Å². The molecule has 1 saturated heterocycles. The van der Waals surface area contributed by atoms with E-state index in [1.807, 2.05) is 0 Å². The van der Waals surface area contributed by atoms with Crippen molar-refractivity contribution in [1.29, 1.82) is 0 Å². The summed E-state index contributed by atoms with van der Waals surface area (Å²) in [4.78, 5) is 25.0. The molecule has 1 fully saturated rings. The number of carbonyl (C=O) groups excluding carboxylic acids is 1. The number of benzene rings is 1. The van der Waals surface area contributed by atoms with Gasteiger partial charge in [-0.2, -0.15) is 0 Å². The second kappa shape index (κ2) is 7.41. The predicted molar refractivity (Wildman–Crippen MR) is 79.7 cm³/mol. The van der Waals surface area contributed by atoms with Crippen LogP contribution in [-0.4, -0.2) is 53.8 Å². The molecule has 1 amide bonds. The first-order chi connectivity index (χ1) is 10.9. The molecule has 7 heteroatoms. The quantitative estimate of drug-likeness (QED) is 0.861. The lowest BCUT2D eigenvalue weighted by atomic mass is 10.1. The van der Waals surface area contributed by atoms with Gasteiger partial charge in [0.05, 0.1) is 12.5 Å². The van der Waals surface area contributed by atoms with Crippen LogP contribution in [0.1, 0.15) is 19.8 Å². The largest absolute Gasteiger partial charge is 0.481 e. The Morgan fingerprint density at radius 3 is 2.74 bits per heavy atom. The number of carboxylic acid groups (broad SMARTS) is 1. The van der Waals surface area contributed by atoms with Crippen LogP contribution in [0.4, 0.5) is 4.39 Å². The van der Waals surface area contributed by atoms with E-state index in [2.05, 4.69) is 0 Å². The molecule has 1 aromatic carbocycles. The average Bonchev–Trinajstić information content (AvgIpc) is 2.91. The zero-order valence-corrected chi connectivity index (χ0v) is 13.1. The maximum Gasteiger partial charge on any atom is 0.305 e. The Kier molecular flexibility index (Phi) is 5.54. The number of ether oxygens (including phenoxy) is 2. The summed E-state index contributed by atoms with van der Waals surface area (Å²) in [5.41, 5.74) is 0. The van der Waals surface area contributed by atoms with Gasteiger partial charge in [-0.3, -0.25) is 9.59 Å². The summed E-state index contributed by atoms with van der Waals surface area (Å²) >= 11 is 0. The van der Waals surface area contributed by atoms with Crippen LogP contribution < -0.4 is 4.74 Å². The molecule has 0 aromatic heterocycles. The molecule has 3 unspecified atom stereocenters. The highest BCUT2D eigenvalue weighted by molar-refractivity contribution is 5.82. The van der Waals surface area contributed by atoms with E-state index in [0.717, 1.165) is 0 Å². The Morgan fingerprint density at radius 1 is 1.43 bits per heavy atom. The van der Waals surface area contributed by atoms with Crippen molar-refractivity contribution >= 4 is 11.9 Å². The number of nitrogens with zero attached hydrogens (tertiary/aromatic N) is 1. The molecule has 0 aliphatic carbocycles. The predicted octanol–water partition coefficient (Wildman–Crippen LogP) is 1.68. The molecule has 23 heavy (non-hydrogen) atoms. The number of para-hydroxylation sites is 1. The molecule has 1 aromatic rings. The van der Waals surface area contributed by atoms with Crippen LogP contribution in [0.25, 0.3) is 0 Å². The molecular formula is C16H20FNO5. The summed E-state index contributed by atoms with van der Waals surface area (Å²) in [6.07, 6.45) is -0.818. The van der Waals surface area contributed by atoms with E-state index < -0.39 is 23.9 Å². The third-order valence-corrected chi connectivity index (χ3v) is 3.89. The molecule has 3 atom stereocenters. The number of aliphatic carboxylic acids is 1. The van der Waals surface area contributed by atoms with Crippen molar-refractivity contribution in [2.24, 2.45) is 0 Å². The van der Waals surface area contributed by atoms with Crippen LogP contribution in [-0.2, 0) is 14.3 Å². The normalized spacial score (nSPS) is 22.0. The fourth-order valence-electron chi connectivity index (χ4n) is 2.72. The summed E-state index contributed by atoms with van der Waals surface area (Å²) in [5.74, 6) is -1.91. The van der Waals surface area contributed by atoms with Gasteiger partial charge in [0.25, 0.3) is 5.91 Å². The van der Waals surface area contributed by atoms with Crippen LogP contribution >= 0.6 is 0 Å². The monoisotopic (exact) mass is 325 g/mol. The maximum atomic E-state index is 13.6. The third-order valence-electron chi connectivity index (χ3n) is 3.89. The second-order valence-corrected chi connectivity index (χ2v) is 5.53. The minimum absolute atomic E-state index is 0.00868. The molecule has 1 heterocycles. The highest BCUT2D eigenvalue weighted by atomic mass is 19.1. The molecule has 1 aliphatic rings.